The molecule has 2 aliphatic rings. The van der Waals surface area contributed by atoms with Gasteiger partial charge in [-0.05, 0) is 50.9 Å². The standard InChI is InChI=1S/C20H33N5O/c1-3-16(4-2)24-20(26)8-5-15-9-11-25(12-10-15)19-13-18(21-14-22-19)23-17-6-7-17/h13-17H,3-12H2,1-2H3,(H,24,26)(H,21,22,23). The molecular weight excluding hydrogens is 326 g/mol. The van der Waals surface area contributed by atoms with Gasteiger partial charge in [0.2, 0.25) is 5.91 Å². The first kappa shape index (κ1) is 18.9. The number of piperidine rings is 1. The lowest BCUT2D eigenvalue weighted by atomic mass is 9.92. The molecule has 0 bridgehead atoms. The number of hydrogen-bond acceptors (Lipinski definition) is 5. The van der Waals surface area contributed by atoms with Crippen LogP contribution in [0.25, 0.3) is 0 Å². The van der Waals surface area contributed by atoms with Crippen LogP contribution in [0, 0.1) is 5.92 Å². The van der Waals surface area contributed by atoms with Crippen molar-refractivity contribution in [3.63, 3.8) is 0 Å². The van der Waals surface area contributed by atoms with Crippen molar-refractivity contribution in [1.82, 2.24) is 15.3 Å². The molecule has 1 saturated carbocycles. The second-order valence-electron chi connectivity index (χ2n) is 7.73. The summed E-state index contributed by atoms with van der Waals surface area (Å²) in [6.07, 6.45) is 10.1. The average Bonchev–Trinajstić information content (AvgIpc) is 3.49. The van der Waals surface area contributed by atoms with E-state index in [1.807, 2.05) is 0 Å². The zero-order valence-electron chi connectivity index (χ0n) is 16.2. The van der Waals surface area contributed by atoms with Gasteiger partial charge < -0.3 is 15.5 Å². The number of carbonyl (C=O) groups excluding carboxylic acids is 1. The highest BCUT2D eigenvalue weighted by Gasteiger charge is 2.23. The minimum absolute atomic E-state index is 0.215. The van der Waals surface area contributed by atoms with Gasteiger partial charge >= 0.3 is 0 Å². The monoisotopic (exact) mass is 359 g/mol. The summed E-state index contributed by atoms with van der Waals surface area (Å²) >= 11 is 0. The summed E-state index contributed by atoms with van der Waals surface area (Å²) in [6.45, 7) is 6.28. The van der Waals surface area contributed by atoms with Gasteiger partial charge in [0.25, 0.3) is 0 Å². The number of hydrogen-bond donors (Lipinski definition) is 2. The van der Waals surface area contributed by atoms with Crippen molar-refractivity contribution < 1.29 is 4.79 Å². The van der Waals surface area contributed by atoms with E-state index in [1.165, 1.54) is 12.8 Å². The van der Waals surface area contributed by atoms with Crippen LogP contribution in [0.1, 0.15) is 65.2 Å². The molecule has 3 rings (SSSR count). The van der Waals surface area contributed by atoms with Crippen LogP contribution < -0.4 is 15.5 Å². The summed E-state index contributed by atoms with van der Waals surface area (Å²) in [7, 11) is 0. The van der Waals surface area contributed by atoms with Gasteiger partial charge in [0.1, 0.15) is 18.0 Å². The maximum Gasteiger partial charge on any atom is 0.220 e. The molecule has 6 nitrogen and oxygen atoms in total. The first-order chi connectivity index (χ1) is 12.7. The maximum atomic E-state index is 12.1. The van der Waals surface area contributed by atoms with Crippen LogP contribution in [0.3, 0.4) is 0 Å². The molecule has 2 N–H and O–H groups in total. The molecule has 0 spiro atoms. The lowest BCUT2D eigenvalue weighted by Gasteiger charge is -2.33. The third-order valence-electron chi connectivity index (χ3n) is 5.65. The molecule has 1 saturated heterocycles. The van der Waals surface area contributed by atoms with Crippen LogP contribution >= 0.6 is 0 Å². The Morgan fingerprint density at radius 3 is 2.58 bits per heavy atom. The van der Waals surface area contributed by atoms with Crippen LogP contribution in [0.5, 0.6) is 0 Å². The molecule has 0 aromatic carbocycles. The quantitative estimate of drug-likeness (QED) is 0.707. The van der Waals surface area contributed by atoms with Crippen LogP contribution in [0.4, 0.5) is 11.6 Å². The number of anilines is 2. The van der Waals surface area contributed by atoms with Crippen molar-refractivity contribution in [1.29, 1.82) is 0 Å². The summed E-state index contributed by atoms with van der Waals surface area (Å²) < 4.78 is 0. The average molecular weight is 360 g/mol. The molecule has 0 radical (unpaired) electrons. The molecule has 1 aromatic rings. The normalized spacial score (nSPS) is 18.2. The summed E-state index contributed by atoms with van der Waals surface area (Å²) in [5, 5.41) is 6.58. The lowest BCUT2D eigenvalue weighted by Crippen LogP contribution is -2.36. The van der Waals surface area contributed by atoms with Crippen molar-refractivity contribution in [2.24, 2.45) is 5.92 Å². The van der Waals surface area contributed by atoms with Crippen molar-refractivity contribution in [2.75, 3.05) is 23.3 Å². The number of nitrogens with one attached hydrogen (secondary N) is 2. The van der Waals surface area contributed by atoms with Crippen molar-refractivity contribution in [3.8, 4) is 0 Å². The zero-order chi connectivity index (χ0) is 18.4. The first-order valence-corrected chi connectivity index (χ1v) is 10.3. The van der Waals surface area contributed by atoms with Gasteiger partial charge in [-0.3, -0.25) is 4.79 Å². The minimum atomic E-state index is 0.215. The number of rotatable bonds is 9. The molecule has 0 unspecified atom stereocenters. The fourth-order valence-corrected chi connectivity index (χ4v) is 3.61. The summed E-state index contributed by atoms with van der Waals surface area (Å²) in [5.74, 6) is 2.82. The number of aromatic nitrogens is 2. The van der Waals surface area contributed by atoms with E-state index in [2.05, 4.69) is 45.4 Å². The molecule has 0 atom stereocenters. The molecule has 1 aliphatic carbocycles. The van der Waals surface area contributed by atoms with Crippen molar-refractivity contribution in [3.05, 3.63) is 12.4 Å². The lowest BCUT2D eigenvalue weighted by molar-refractivity contribution is -0.122. The zero-order valence-corrected chi connectivity index (χ0v) is 16.2. The SMILES string of the molecule is CCC(CC)NC(=O)CCC1CCN(c2cc(NC3CC3)ncn2)CC1. The van der Waals surface area contributed by atoms with Gasteiger partial charge in [-0.25, -0.2) is 9.97 Å². The second kappa shape index (κ2) is 9.19. The number of carbonyl (C=O) groups is 1. The Labute approximate surface area is 157 Å². The number of nitrogens with zero attached hydrogens (tertiary/aromatic N) is 3. The summed E-state index contributed by atoms with van der Waals surface area (Å²) in [5.41, 5.74) is 0. The maximum absolute atomic E-state index is 12.1. The molecule has 2 fully saturated rings. The molecule has 2 heterocycles. The highest BCUT2D eigenvalue weighted by atomic mass is 16.1. The Morgan fingerprint density at radius 1 is 1.19 bits per heavy atom. The van der Waals surface area contributed by atoms with Crippen LogP contribution in [-0.4, -0.2) is 41.0 Å². The van der Waals surface area contributed by atoms with E-state index >= 15 is 0 Å². The molecule has 6 heteroatoms. The molecule has 26 heavy (non-hydrogen) atoms. The van der Waals surface area contributed by atoms with E-state index in [0.29, 0.717) is 24.4 Å². The summed E-state index contributed by atoms with van der Waals surface area (Å²) in [6, 6.07) is 3.01. The highest BCUT2D eigenvalue weighted by Crippen LogP contribution is 2.27. The van der Waals surface area contributed by atoms with E-state index in [-0.39, 0.29) is 5.91 Å². The number of amides is 1. The van der Waals surface area contributed by atoms with Crippen molar-refractivity contribution in [2.45, 2.75) is 77.3 Å². The Balaban J connectivity index is 1.40. The van der Waals surface area contributed by atoms with Gasteiger partial charge in [-0.15, -0.1) is 0 Å². The molecule has 144 valence electrons. The van der Waals surface area contributed by atoms with Crippen molar-refractivity contribution >= 4 is 17.5 Å². The molecule has 1 aromatic heterocycles. The van der Waals surface area contributed by atoms with Gasteiger partial charge in [-0.1, -0.05) is 13.8 Å². The van der Waals surface area contributed by atoms with Crippen LogP contribution in [0.2, 0.25) is 0 Å². The van der Waals surface area contributed by atoms with E-state index in [1.54, 1.807) is 6.33 Å². The van der Waals surface area contributed by atoms with Crippen LogP contribution in [-0.2, 0) is 4.79 Å². The smallest absolute Gasteiger partial charge is 0.220 e. The van der Waals surface area contributed by atoms with E-state index < -0.39 is 0 Å². The van der Waals surface area contributed by atoms with Gasteiger partial charge in [0.15, 0.2) is 0 Å². The Morgan fingerprint density at radius 2 is 1.92 bits per heavy atom. The van der Waals surface area contributed by atoms with Crippen LogP contribution in [0.15, 0.2) is 12.4 Å². The summed E-state index contributed by atoms with van der Waals surface area (Å²) in [4.78, 5) is 23.2. The topological polar surface area (TPSA) is 70.2 Å². The largest absolute Gasteiger partial charge is 0.367 e. The predicted molar refractivity (Wildman–Crippen MR) is 105 cm³/mol. The molecule has 1 aliphatic heterocycles. The predicted octanol–water partition coefficient (Wildman–Crippen LogP) is 3.35. The second-order valence-corrected chi connectivity index (χ2v) is 7.73. The Hall–Kier alpha value is -1.85. The van der Waals surface area contributed by atoms with Gasteiger partial charge in [-0.2, -0.15) is 0 Å². The van der Waals surface area contributed by atoms with Gasteiger partial charge in [0.05, 0.1) is 0 Å². The Bertz CT molecular complexity index is 577. The molecule has 1 amide bonds. The highest BCUT2D eigenvalue weighted by molar-refractivity contribution is 5.76. The fourth-order valence-electron chi connectivity index (χ4n) is 3.61. The molecular formula is C20H33N5O. The Kier molecular flexibility index (Phi) is 6.69. The minimum Gasteiger partial charge on any atom is -0.367 e. The van der Waals surface area contributed by atoms with E-state index in [0.717, 1.165) is 56.8 Å². The van der Waals surface area contributed by atoms with E-state index in [9.17, 15) is 4.79 Å². The fraction of sp³-hybridized carbons (Fsp3) is 0.750. The first-order valence-electron chi connectivity index (χ1n) is 10.3. The van der Waals surface area contributed by atoms with Gasteiger partial charge in [0, 0.05) is 37.7 Å². The third kappa shape index (κ3) is 5.58. The van der Waals surface area contributed by atoms with E-state index in [4.69, 9.17) is 0 Å². The third-order valence-corrected chi connectivity index (χ3v) is 5.65.